The molecule has 33 heavy (non-hydrogen) atoms. The first-order valence-electron chi connectivity index (χ1n) is 9.98. The highest BCUT2D eigenvalue weighted by atomic mass is 16.7. The number of anilines is 1. The van der Waals surface area contributed by atoms with Crippen LogP contribution in [0.15, 0.2) is 18.2 Å². The average Bonchev–Trinajstić information content (AvgIpc) is 2.71. The smallest absolute Gasteiger partial charge is 0.303 e. The van der Waals surface area contributed by atoms with Crippen LogP contribution < -0.4 is 10.5 Å². The van der Waals surface area contributed by atoms with Crippen LogP contribution in [0.5, 0.6) is 5.75 Å². The molecule has 1 heterocycles. The molecular weight excluding hydrogens is 442 g/mol. The van der Waals surface area contributed by atoms with Crippen molar-refractivity contribution in [3.63, 3.8) is 0 Å². The van der Waals surface area contributed by atoms with E-state index in [1.165, 1.54) is 19.1 Å². The first-order chi connectivity index (χ1) is 15.5. The molecule has 0 spiro atoms. The van der Waals surface area contributed by atoms with Crippen LogP contribution in [0, 0.1) is 0 Å². The first kappa shape index (κ1) is 25.9. The number of carbonyl (C=O) groups excluding carboxylic acids is 4. The number of hydrogen-bond donors (Lipinski definition) is 2. The minimum Gasteiger partial charge on any atom is -0.463 e. The number of rotatable bonds is 8. The second kappa shape index (κ2) is 11.5. The number of ether oxygens (including phenoxy) is 6. The Kier molecular flexibility index (Phi) is 9.00. The number of aliphatic hydroxyl groups is 1. The summed E-state index contributed by atoms with van der Waals surface area (Å²) in [7, 11) is 0. The summed E-state index contributed by atoms with van der Waals surface area (Å²) in [6.07, 6.45) is -6.55. The van der Waals surface area contributed by atoms with Gasteiger partial charge in [0, 0.05) is 27.7 Å². The van der Waals surface area contributed by atoms with Gasteiger partial charge in [-0.25, -0.2) is 0 Å². The Labute approximate surface area is 189 Å². The molecule has 0 radical (unpaired) electrons. The lowest BCUT2D eigenvalue weighted by atomic mass is 9.98. The molecule has 1 aliphatic rings. The van der Waals surface area contributed by atoms with Gasteiger partial charge in [-0.1, -0.05) is 6.07 Å². The van der Waals surface area contributed by atoms with Crippen molar-refractivity contribution in [1.82, 2.24) is 0 Å². The zero-order valence-electron chi connectivity index (χ0n) is 18.6. The summed E-state index contributed by atoms with van der Waals surface area (Å²) in [6, 6.07) is 4.49. The SMILES string of the molecule is CC(=O)OC[C@H]1O[C@@H](Oc2ccc(CO)cc2N)C(OC(C)=O)[C@@H](OC(C)=O)[C@H]1OC(C)=O. The van der Waals surface area contributed by atoms with Gasteiger partial charge in [0.15, 0.2) is 12.2 Å². The van der Waals surface area contributed by atoms with Gasteiger partial charge in [-0.3, -0.25) is 19.2 Å². The predicted octanol–water partition coefficient (Wildman–Crippen LogP) is 0.223. The maximum absolute atomic E-state index is 11.8. The van der Waals surface area contributed by atoms with E-state index in [1.807, 2.05) is 0 Å². The van der Waals surface area contributed by atoms with Gasteiger partial charge in [-0.2, -0.15) is 0 Å². The van der Waals surface area contributed by atoms with Crippen molar-refractivity contribution >= 4 is 29.6 Å². The Morgan fingerprint density at radius 1 is 0.909 bits per heavy atom. The summed E-state index contributed by atoms with van der Waals surface area (Å²) in [5.41, 5.74) is 6.66. The molecule has 1 aliphatic heterocycles. The summed E-state index contributed by atoms with van der Waals surface area (Å²) in [5, 5.41) is 9.26. The van der Waals surface area contributed by atoms with Gasteiger partial charge in [0.1, 0.15) is 18.5 Å². The van der Waals surface area contributed by atoms with Crippen molar-refractivity contribution in [2.45, 2.75) is 65.0 Å². The lowest BCUT2D eigenvalue weighted by Crippen LogP contribution is -2.63. The number of nitrogen functional groups attached to an aromatic ring is 1. The van der Waals surface area contributed by atoms with Crippen LogP contribution >= 0.6 is 0 Å². The number of benzene rings is 1. The minimum absolute atomic E-state index is 0.119. The second-order valence-electron chi connectivity index (χ2n) is 7.22. The van der Waals surface area contributed by atoms with Crippen LogP contribution in [0.2, 0.25) is 0 Å². The molecule has 0 aromatic heterocycles. The third kappa shape index (κ3) is 7.32. The van der Waals surface area contributed by atoms with Crippen molar-refractivity contribution in [3.8, 4) is 5.75 Å². The molecule has 1 fully saturated rings. The molecule has 12 nitrogen and oxygen atoms in total. The molecule has 1 aromatic carbocycles. The minimum atomic E-state index is -1.40. The van der Waals surface area contributed by atoms with Gasteiger partial charge < -0.3 is 39.3 Å². The first-order valence-corrected chi connectivity index (χ1v) is 9.98. The van der Waals surface area contributed by atoms with E-state index in [-0.39, 0.29) is 24.7 Å². The van der Waals surface area contributed by atoms with E-state index in [0.717, 1.165) is 20.8 Å². The van der Waals surface area contributed by atoms with E-state index >= 15 is 0 Å². The van der Waals surface area contributed by atoms with Crippen LogP contribution in [0.4, 0.5) is 5.69 Å². The number of nitrogens with two attached hydrogens (primary N) is 1. The molecular formula is C21H27NO11. The molecule has 0 saturated carbocycles. The topological polar surface area (TPSA) is 170 Å². The molecule has 0 aliphatic carbocycles. The third-order valence-electron chi connectivity index (χ3n) is 4.45. The van der Waals surface area contributed by atoms with Crippen molar-refractivity contribution in [1.29, 1.82) is 0 Å². The largest absolute Gasteiger partial charge is 0.463 e. The fourth-order valence-electron chi connectivity index (χ4n) is 3.21. The average molecular weight is 469 g/mol. The summed E-state index contributed by atoms with van der Waals surface area (Å²) < 4.78 is 32.6. The highest BCUT2D eigenvalue weighted by Gasteiger charge is 2.53. The van der Waals surface area contributed by atoms with Crippen LogP contribution in [0.3, 0.4) is 0 Å². The molecule has 1 aromatic rings. The van der Waals surface area contributed by atoms with Crippen molar-refractivity contribution in [3.05, 3.63) is 23.8 Å². The van der Waals surface area contributed by atoms with Crippen molar-refractivity contribution < 1.29 is 52.7 Å². The zero-order chi connectivity index (χ0) is 24.7. The third-order valence-corrected chi connectivity index (χ3v) is 4.45. The van der Waals surface area contributed by atoms with Crippen LogP contribution in [-0.2, 0) is 49.5 Å². The summed E-state index contributed by atoms with van der Waals surface area (Å²) >= 11 is 0. The lowest BCUT2D eigenvalue weighted by Gasteiger charge is -2.44. The van der Waals surface area contributed by atoms with Crippen LogP contribution in [0.1, 0.15) is 33.3 Å². The monoisotopic (exact) mass is 469 g/mol. The Hall–Kier alpha value is -3.38. The van der Waals surface area contributed by atoms with Crippen LogP contribution in [-0.4, -0.2) is 66.3 Å². The number of hydrogen-bond acceptors (Lipinski definition) is 12. The van der Waals surface area contributed by atoms with E-state index in [0.29, 0.717) is 5.56 Å². The number of aliphatic hydroxyl groups excluding tert-OH is 1. The molecule has 182 valence electrons. The Bertz CT molecular complexity index is 887. The van der Waals surface area contributed by atoms with Gasteiger partial charge in [0.2, 0.25) is 12.4 Å². The molecule has 0 bridgehead atoms. The Morgan fingerprint density at radius 2 is 1.48 bits per heavy atom. The number of esters is 4. The van der Waals surface area contributed by atoms with Gasteiger partial charge in [0.25, 0.3) is 0 Å². The van der Waals surface area contributed by atoms with E-state index in [1.54, 1.807) is 6.07 Å². The van der Waals surface area contributed by atoms with E-state index in [2.05, 4.69) is 0 Å². The van der Waals surface area contributed by atoms with E-state index in [4.69, 9.17) is 34.2 Å². The zero-order valence-corrected chi connectivity index (χ0v) is 18.6. The standard InChI is InChI=1S/C21H27NO11/c1-10(24)28-9-17-18(29-11(2)25)19(30-12(3)26)20(31-13(4)27)21(33-17)32-16-6-5-14(8-23)7-15(16)22/h5-7,17-21,23H,8-9,22H2,1-4H3/t17-,18+,19+,20?,21-/m1/s1. The molecule has 1 saturated heterocycles. The number of carbonyl (C=O) groups is 4. The Morgan fingerprint density at radius 3 is 2.00 bits per heavy atom. The predicted molar refractivity (Wildman–Crippen MR) is 109 cm³/mol. The molecule has 0 amide bonds. The second-order valence-corrected chi connectivity index (χ2v) is 7.22. The van der Waals surface area contributed by atoms with Crippen LogP contribution in [0.25, 0.3) is 0 Å². The fraction of sp³-hybridized carbons (Fsp3) is 0.524. The van der Waals surface area contributed by atoms with Gasteiger partial charge in [-0.05, 0) is 17.7 Å². The van der Waals surface area contributed by atoms with E-state index < -0.39 is 54.6 Å². The summed E-state index contributed by atoms with van der Waals surface area (Å²) in [5.74, 6) is -2.76. The van der Waals surface area contributed by atoms with E-state index in [9.17, 15) is 24.3 Å². The summed E-state index contributed by atoms with van der Waals surface area (Å²) in [6.45, 7) is 3.92. The quantitative estimate of drug-likeness (QED) is 0.302. The fourth-order valence-corrected chi connectivity index (χ4v) is 3.21. The molecule has 2 rings (SSSR count). The maximum atomic E-state index is 11.8. The maximum Gasteiger partial charge on any atom is 0.303 e. The van der Waals surface area contributed by atoms with Gasteiger partial charge in [-0.15, -0.1) is 0 Å². The molecule has 5 atom stereocenters. The highest BCUT2D eigenvalue weighted by Crippen LogP contribution is 2.33. The van der Waals surface area contributed by atoms with Crippen molar-refractivity contribution in [2.75, 3.05) is 12.3 Å². The van der Waals surface area contributed by atoms with Gasteiger partial charge in [0.05, 0.1) is 12.3 Å². The lowest BCUT2D eigenvalue weighted by molar-refractivity contribution is -0.288. The molecule has 1 unspecified atom stereocenters. The highest BCUT2D eigenvalue weighted by molar-refractivity contribution is 5.68. The molecule has 3 N–H and O–H groups in total. The van der Waals surface area contributed by atoms with Crippen molar-refractivity contribution in [2.24, 2.45) is 0 Å². The van der Waals surface area contributed by atoms with Gasteiger partial charge >= 0.3 is 23.9 Å². The Balaban J connectivity index is 2.47. The summed E-state index contributed by atoms with van der Waals surface area (Å²) in [4.78, 5) is 46.7. The normalized spacial score (nSPS) is 24.3. The molecule has 12 heteroatoms.